The monoisotopic (exact) mass is 443 g/mol. The third-order valence-corrected chi connectivity index (χ3v) is 7.08. The highest BCUT2D eigenvalue weighted by Gasteiger charge is 2.63. The smallest absolute Gasteiger partial charge is 0.276 e. The molecule has 4 aliphatic rings. The van der Waals surface area contributed by atoms with Crippen LogP contribution in [-0.4, -0.2) is 44.8 Å². The number of carbonyl (C=O) groups excluding carboxylic acids is 2. The normalized spacial score (nSPS) is 29.2. The number of hydrogen-bond acceptors (Lipinski definition) is 5. The molecule has 3 fully saturated rings. The van der Waals surface area contributed by atoms with Crippen LogP contribution in [0.3, 0.4) is 0 Å². The molecule has 10 heteroatoms. The van der Waals surface area contributed by atoms with Gasteiger partial charge in [0.05, 0.1) is 12.6 Å². The highest BCUT2D eigenvalue weighted by atomic mass is 19.1. The van der Waals surface area contributed by atoms with E-state index in [1.165, 1.54) is 16.8 Å². The van der Waals surface area contributed by atoms with Crippen LogP contribution in [0.4, 0.5) is 8.78 Å². The Labute approximate surface area is 180 Å². The minimum atomic E-state index is -0.980. The summed E-state index contributed by atoms with van der Waals surface area (Å²) in [7, 11) is 0. The molecule has 1 aromatic carbocycles. The molecule has 3 heterocycles. The molecular weight excluding hydrogens is 424 g/mol. The van der Waals surface area contributed by atoms with Gasteiger partial charge in [0.25, 0.3) is 11.8 Å². The number of nitrogens with zero attached hydrogens (tertiary/aromatic N) is 2. The maximum absolute atomic E-state index is 13.8. The van der Waals surface area contributed by atoms with Crippen LogP contribution in [-0.2, 0) is 17.8 Å². The molecule has 6 rings (SSSR count). The Balaban J connectivity index is 1.29. The predicted molar refractivity (Wildman–Crippen MR) is 105 cm³/mol. The highest BCUT2D eigenvalue weighted by Crippen LogP contribution is 2.58. The van der Waals surface area contributed by atoms with Gasteiger partial charge in [-0.1, -0.05) is 6.07 Å². The van der Waals surface area contributed by atoms with E-state index in [1.54, 1.807) is 4.90 Å². The molecule has 2 aliphatic heterocycles. The molecule has 5 atom stereocenters. The first-order valence-electron chi connectivity index (χ1n) is 10.5. The van der Waals surface area contributed by atoms with Gasteiger partial charge in [0, 0.05) is 30.4 Å². The summed E-state index contributed by atoms with van der Waals surface area (Å²) in [6.07, 6.45) is 2.62. The van der Waals surface area contributed by atoms with Gasteiger partial charge in [0.15, 0.2) is 17.7 Å². The van der Waals surface area contributed by atoms with Crippen LogP contribution in [0.1, 0.15) is 39.3 Å². The standard InChI is InChI=1S/C22H19F2N3O5/c23-10-2-1-9(14(24)3-10)6-25-21(30)13-7-26-8-17-27(22(31)18(26)20(29)19(13)28)15-5-16(32-17)12-4-11(12)15/h1-3,7,11-12,15-17,29H,4-6,8H2,(H,25,30)/t11-,12+,15-,16?,17-/m1/s1. The predicted octanol–water partition coefficient (Wildman–Crippen LogP) is 1.35. The van der Waals surface area contributed by atoms with E-state index < -0.39 is 40.9 Å². The van der Waals surface area contributed by atoms with Crippen molar-refractivity contribution in [2.75, 3.05) is 0 Å². The number of aromatic nitrogens is 1. The minimum absolute atomic E-state index is 0.0394. The summed E-state index contributed by atoms with van der Waals surface area (Å²) in [4.78, 5) is 40.1. The molecule has 0 radical (unpaired) electrons. The van der Waals surface area contributed by atoms with Crippen LogP contribution in [0.15, 0.2) is 29.2 Å². The fourth-order valence-corrected chi connectivity index (χ4v) is 5.47. The number of benzene rings is 1. The Kier molecular flexibility index (Phi) is 4.01. The van der Waals surface area contributed by atoms with Crippen molar-refractivity contribution < 1.29 is 28.2 Å². The second-order valence-electron chi connectivity index (χ2n) is 8.85. The number of fused-ring (bicyclic) bond motifs is 8. The fourth-order valence-electron chi connectivity index (χ4n) is 5.47. The zero-order chi connectivity index (χ0) is 22.3. The molecule has 32 heavy (non-hydrogen) atoms. The number of halogens is 2. The highest BCUT2D eigenvalue weighted by molar-refractivity contribution is 5.99. The SMILES string of the molecule is O=C(NCc1ccc(F)cc1F)c1cn2c(c(O)c1=O)C(=O)N1[C@@H]3CC(O[C@@H]1C2)[C@H]1C[C@H]13. The van der Waals surface area contributed by atoms with E-state index in [9.17, 15) is 28.3 Å². The van der Waals surface area contributed by atoms with Crippen LogP contribution < -0.4 is 10.7 Å². The first-order valence-corrected chi connectivity index (χ1v) is 10.5. The average Bonchev–Trinajstić information content (AvgIpc) is 3.50. The van der Waals surface area contributed by atoms with Crippen LogP contribution >= 0.6 is 0 Å². The van der Waals surface area contributed by atoms with Crippen molar-refractivity contribution in [3.8, 4) is 5.75 Å². The van der Waals surface area contributed by atoms with Gasteiger partial charge in [0.2, 0.25) is 5.43 Å². The van der Waals surface area contributed by atoms with Gasteiger partial charge in [-0.25, -0.2) is 8.78 Å². The minimum Gasteiger partial charge on any atom is -0.503 e. The zero-order valence-electron chi connectivity index (χ0n) is 16.8. The quantitative estimate of drug-likeness (QED) is 0.746. The molecule has 2 bridgehead atoms. The molecule has 2 aliphatic carbocycles. The van der Waals surface area contributed by atoms with E-state index in [-0.39, 0.29) is 42.1 Å². The van der Waals surface area contributed by atoms with Crippen LogP contribution in [0.5, 0.6) is 5.75 Å². The van der Waals surface area contributed by atoms with E-state index in [0.29, 0.717) is 17.9 Å². The Morgan fingerprint density at radius 1 is 1.22 bits per heavy atom. The maximum atomic E-state index is 13.8. The first kappa shape index (κ1) is 19.4. The van der Waals surface area contributed by atoms with Crippen LogP contribution in [0.2, 0.25) is 0 Å². The number of aromatic hydroxyl groups is 1. The van der Waals surface area contributed by atoms with E-state index in [0.717, 1.165) is 18.9 Å². The second-order valence-corrected chi connectivity index (χ2v) is 8.85. The molecule has 1 aromatic heterocycles. The molecule has 1 saturated heterocycles. The van der Waals surface area contributed by atoms with Crippen molar-refractivity contribution in [1.29, 1.82) is 0 Å². The second kappa shape index (κ2) is 6.61. The van der Waals surface area contributed by atoms with Gasteiger partial charge in [0.1, 0.15) is 17.2 Å². The number of hydrogen-bond donors (Lipinski definition) is 2. The average molecular weight is 443 g/mol. The Morgan fingerprint density at radius 2 is 2.03 bits per heavy atom. The van der Waals surface area contributed by atoms with Gasteiger partial charge in [-0.15, -0.1) is 0 Å². The first-order chi connectivity index (χ1) is 15.3. The van der Waals surface area contributed by atoms with Gasteiger partial charge >= 0.3 is 0 Å². The van der Waals surface area contributed by atoms with E-state index in [1.807, 2.05) is 0 Å². The van der Waals surface area contributed by atoms with Gasteiger partial charge in [-0.05, 0) is 30.7 Å². The summed E-state index contributed by atoms with van der Waals surface area (Å²) in [5, 5.41) is 12.9. The molecule has 166 valence electrons. The molecule has 1 unspecified atom stereocenters. The molecule has 2 saturated carbocycles. The van der Waals surface area contributed by atoms with Gasteiger partial charge in [-0.3, -0.25) is 14.4 Å². The Bertz CT molecular complexity index is 1240. The largest absolute Gasteiger partial charge is 0.503 e. The van der Waals surface area contributed by atoms with Crippen molar-refractivity contribution in [1.82, 2.24) is 14.8 Å². The fraction of sp³-hybridized carbons (Fsp3) is 0.409. The number of amides is 2. The molecule has 8 nitrogen and oxygen atoms in total. The lowest BCUT2D eigenvalue weighted by Crippen LogP contribution is -2.58. The van der Waals surface area contributed by atoms with Crippen molar-refractivity contribution in [3.05, 3.63) is 63.1 Å². The maximum Gasteiger partial charge on any atom is 0.276 e. The molecule has 0 spiro atoms. The molecular formula is C22H19F2N3O5. The lowest BCUT2D eigenvalue weighted by molar-refractivity contribution is -0.144. The summed E-state index contributed by atoms with van der Waals surface area (Å²) < 4.78 is 34.4. The summed E-state index contributed by atoms with van der Waals surface area (Å²) in [5.74, 6) is -2.82. The van der Waals surface area contributed by atoms with E-state index in [4.69, 9.17) is 4.74 Å². The van der Waals surface area contributed by atoms with Crippen LogP contribution in [0.25, 0.3) is 0 Å². The number of pyridine rings is 1. The summed E-state index contributed by atoms with van der Waals surface area (Å²) in [6, 6.07) is 2.99. The molecule has 2 amide bonds. The topological polar surface area (TPSA) is 101 Å². The molecule has 2 N–H and O–H groups in total. The molecule has 2 aromatic rings. The third-order valence-electron chi connectivity index (χ3n) is 7.08. The van der Waals surface area contributed by atoms with Crippen molar-refractivity contribution in [3.63, 3.8) is 0 Å². The van der Waals surface area contributed by atoms with Gasteiger partial charge < -0.3 is 24.6 Å². The van der Waals surface area contributed by atoms with Crippen molar-refractivity contribution in [2.24, 2.45) is 11.8 Å². The number of rotatable bonds is 3. The lowest BCUT2D eigenvalue weighted by atomic mass is 10.0. The number of ether oxygens (including phenoxy) is 1. The summed E-state index contributed by atoms with van der Waals surface area (Å²) in [6.45, 7) is -0.0916. The van der Waals surface area contributed by atoms with Crippen molar-refractivity contribution in [2.45, 2.75) is 44.3 Å². The summed E-state index contributed by atoms with van der Waals surface area (Å²) in [5.41, 5.74) is -1.47. The van der Waals surface area contributed by atoms with E-state index >= 15 is 0 Å². The zero-order valence-corrected chi connectivity index (χ0v) is 16.8. The number of carbonyl (C=O) groups is 2. The van der Waals surface area contributed by atoms with Crippen molar-refractivity contribution >= 4 is 11.8 Å². The lowest BCUT2D eigenvalue weighted by Gasteiger charge is -2.45. The summed E-state index contributed by atoms with van der Waals surface area (Å²) >= 11 is 0. The Hall–Kier alpha value is -3.27. The van der Waals surface area contributed by atoms with Gasteiger partial charge in [-0.2, -0.15) is 0 Å². The van der Waals surface area contributed by atoms with E-state index in [2.05, 4.69) is 5.32 Å². The Morgan fingerprint density at radius 3 is 2.81 bits per heavy atom. The van der Waals surface area contributed by atoms with Crippen LogP contribution in [0, 0.1) is 23.5 Å². The number of nitrogens with one attached hydrogen (secondary N) is 1. The third kappa shape index (κ3) is 2.72.